The lowest BCUT2D eigenvalue weighted by Gasteiger charge is -2.37. The highest BCUT2D eigenvalue weighted by atomic mass is 16.5. The number of fused-ring (bicyclic) bond motifs is 4. The van der Waals surface area contributed by atoms with Crippen molar-refractivity contribution in [2.45, 2.75) is 43.9 Å². The second-order valence-electron chi connectivity index (χ2n) is 10.1. The smallest absolute Gasteiger partial charge is 0.338 e. The lowest BCUT2D eigenvalue weighted by atomic mass is 9.82. The van der Waals surface area contributed by atoms with Crippen LogP contribution in [0.3, 0.4) is 0 Å². The lowest BCUT2D eigenvalue weighted by Crippen LogP contribution is -2.39. The molecule has 4 aromatic rings. The summed E-state index contributed by atoms with van der Waals surface area (Å²) in [5.41, 5.74) is 4.60. The summed E-state index contributed by atoms with van der Waals surface area (Å²) in [5.74, 6) is 0.469. The van der Waals surface area contributed by atoms with Gasteiger partial charge >= 0.3 is 5.97 Å². The minimum absolute atomic E-state index is 0.0257. The van der Waals surface area contributed by atoms with Crippen molar-refractivity contribution in [3.63, 3.8) is 0 Å². The topological polar surface area (TPSA) is 65.0 Å². The summed E-state index contributed by atoms with van der Waals surface area (Å²) in [4.78, 5) is 12.3. The number of carbonyl (C=O) groups is 1. The predicted molar refractivity (Wildman–Crippen MR) is 140 cm³/mol. The van der Waals surface area contributed by atoms with Gasteiger partial charge in [-0.3, -0.25) is 0 Å². The second kappa shape index (κ2) is 8.58. The van der Waals surface area contributed by atoms with Crippen molar-refractivity contribution in [3.05, 3.63) is 113 Å². The van der Waals surface area contributed by atoms with E-state index in [1.54, 1.807) is 0 Å². The molecule has 5 heteroatoms. The molecule has 4 aromatic carbocycles. The van der Waals surface area contributed by atoms with Gasteiger partial charge in [-0.1, -0.05) is 66.7 Å². The first kappa shape index (κ1) is 22.3. The molecule has 37 heavy (non-hydrogen) atoms. The first-order valence-electron chi connectivity index (χ1n) is 12.7. The summed E-state index contributed by atoms with van der Waals surface area (Å²) >= 11 is 0. The standard InChI is InChI=1S/C32H26O5/c33-31-28-14-22-9-10-24(15-27(22)30(29(28)19-36-31)21-6-2-1-3-7-21)35-18-20-5-4-8-23(13-20)32(34)16-25-11-12-26(17-32)37-25/h1-15,25-26,34H,16-19H2/t25-,26+,32?. The highest BCUT2D eigenvalue weighted by molar-refractivity contribution is 6.07. The molecule has 0 saturated carbocycles. The van der Waals surface area contributed by atoms with Crippen molar-refractivity contribution in [2.75, 3.05) is 0 Å². The first-order valence-corrected chi connectivity index (χ1v) is 12.7. The van der Waals surface area contributed by atoms with Gasteiger partial charge in [0.05, 0.1) is 23.4 Å². The zero-order chi connectivity index (χ0) is 25.0. The third-order valence-electron chi connectivity index (χ3n) is 7.69. The van der Waals surface area contributed by atoms with Crippen LogP contribution in [0.15, 0.2) is 91.0 Å². The minimum atomic E-state index is -0.902. The highest BCUT2D eigenvalue weighted by Gasteiger charge is 2.42. The monoisotopic (exact) mass is 490 g/mol. The number of carbonyl (C=O) groups excluding carboxylic acids is 1. The minimum Gasteiger partial charge on any atom is -0.489 e. The van der Waals surface area contributed by atoms with Crippen LogP contribution in [-0.2, 0) is 28.3 Å². The van der Waals surface area contributed by atoms with E-state index in [-0.39, 0.29) is 24.8 Å². The summed E-state index contributed by atoms with van der Waals surface area (Å²) in [5, 5.41) is 13.4. The van der Waals surface area contributed by atoms with Crippen molar-refractivity contribution < 1.29 is 24.1 Å². The Morgan fingerprint density at radius 1 is 0.919 bits per heavy atom. The van der Waals surface area contributed by atoms with Crippen LogP contribution in [-0.4, -0.2) is 23.3 Å². The summed E-state index contributed by atoms with van der Waals surface area (Å²) in [6, 6.07) is 26.0. The summed E-state index contributed by atoms with van der Waals surface area (Å²) in [7, 11) is 0. The van der Waals surface area contributed by atoms with Crippen molar-refractivity contribution in [1.82, 2.24) is 0 Å². The molecule has 1 N–H and O–H groups in total. The fourth-order valence-corrected chi connectivity index (χ4v) is 5.89. The van der Waals surface area contributed by atoms with Gasteiger partial charge in [0.1, 0.15) is 19.0 Å². The molecule has 7 rings (SSSR count). The van der Waals surface area contributed by atoms with Gasteiger partial charge in [-0.15, -0.1) is 0 Å². The Kier molecular flexibility index (Phi) is 5.17. The molecule has 0 aliphatic carbocycles. The number of ether oxygens (including phenoxy) is 3. The van der Waals surface area contributed by atoms with Crippen LogP contribution in [0.4, 0.5) is 0 Å². The molecule has 3 aliphatic rings. The maximum atomic E-state index is 12.3. The Balaban J connectivity index is 1.19. The van der Waals surface area contributed by atoms with E-state index >= 15 is 0 Å². The number of rotatable bonds is 5. The Bertz CT molecular complexity index is 1540. The van der Waals surface area contributed by atoms with E-state index in [0.717, 1.165) is 44.3 Å². The zero-order valence-corrected chi connectivity index (χ0v) is 20.2. The normalized spacial score (nSPS) is 23.8. The van der Waals surface area contributed by atoms with Crippen LogP contribution >= 0.6 is 0 Å². The number of cyclic esters (lactones) is 1. The third kappa shape index (κ3) is 3.91. The van der Waals surface area contributed by atoms with Crippen LogP contribution in [0, 0.1) is 0 Å². The van der Waals surface area contributed by atoms with Crippen LogP contribution < -0.4 is 4.74 Å². The van der Waals surface area contributed by atoms with Gasteiger partial charge in [-0.2, -0.15) is 0 Å². The maximum absolute atomic E-state index is 12.3. The Morgan fingerprint density at radius 2 is 1.73 bits per heavy atom. The largest absolute Gasteiger partial charge is 0.489 e. The van der Waals surface area contributed by atoms with Crippen molar-refractivity contribution >= 4 is 16.7 Å². The van der Waals surface area contributed by atoms with E-state index in [0.29, 0.717) is 25.0 Å². The van der Waals surface area contributed by atoms with Crippen molar-refractivity contribution in [1.29, 1.82) is 0 Å². The molecular weight excluding hydrogens is 464 g/mol. The molecule has 184 valence electrons. The Hall–Kier alpha value is -3.93. The molecule has 1 fully saturated rings. The van der Waals surface area contributed by atoms with Gasteiger partial charge in [0.15, 0.2) is 0 Å². The molecule has 3 aliphatic heterocycles. The summed E-state index contributed by atoms with van der Waals surface area (Å²) in [6.45, 7) is 0.654. The molecule has 0 aromatic heterocycles. The number of hydrogen-bond acceptors (Lipinski definition) is 5. The van der Waals surface area contributed by atoms with Gasteiger partial charge in [-0.05, 0) is 57.3 Å². The fourth-order valence-electron chi connectivity index (χ4n) is 5.89. The van der Waals surface area contributed by atoms with Gasteiger partial charge in [0.25, 0.3) is 0 Å². The third-order valence-corrected chi connectivity index (χ3v) is 7.69. The molecule has 3 heterocycles. The molecule has 2 bridgehead atoms. The van der Waals surface area contributed by atoms with E-state index in [4.69, 9.17) is 14.2 Å². The average molecular weight is 491 g/mol. The van der Waals surface area contributed by atoms with Gasteiger partial charge in [-0.25, -0.2) is 4.79 Å². The van der Waals surface area contributed by atoms with Crippen molar-refractivity contribution in [3.8, 4) is 16.9 Å². The van der Waals surface area contributed by atoms with Crippen LogP contribution in [0.5, 0.6) is 5.75 Å². The van der Waals surface area contributed by atoms with Crippen molar-refractivity contribution in [2.24, 2.45) is 0 Å². The molecular formula is C32H26O5. The summed E-state index contributed by atoms with van der Waals surface area (Å²) in [6.07, 6.45) is 5.18. The molecule has 0 radical (unpaired) electrons. The molecule has 3 atom stereocenters. The first-order chi connectivity index (χ1) is 18.1. The lowest BCUT2D eigenvalue weighted by molar-refractivity contribution is -0.107. The van der Waals surface area contributed by atoms with Gasteiger partial charge < -0.3 is 19.3 Å². The Labute approximate surface area is 214 Å². The number of aliphatic hydroxyl groups is 1. The van der Waals surface area contributed by atoms with E-state index in [9.17, 15) is 9.90 Å². The quantitative estimate of drug-likeness (QED) is 0.272. The average Bonchev–Trinajstić information content (AvgIpc) is 3.47. The van der Waals surface area contributed by atoms with Gasteiger partial charge in [0.2, 0.25) is 0 Å². The predicted octanol–water partition coefficient (Wildman–Crippen LogP) is 6.06. The van der Waals surface area contributed by atoms with Gasteiger partial charge in [0, 0.05) is 18.4 Å². The SMILES string of the molecule is O=C1OCc2c1cc1ccc(OCc3cccc(C4(O)C[C@H]5C=C[C@@H](C4)O5)c3)cc1c2-c1ccccc1. The zero-order valence-electron chi connectivity index (χ0n) is 20.2. The van der Waals surface area contributed by atoms with Crippen LogP contribution in [0.25, 0.3) is 21.9 Å². The summed E-state index contributed by atoms with van der Waals surface area (Å²) < 4.78 is 17.5. The molecule has 1 unspecified atom stereocenters. The Morgan fingerprint density at radius 3 is 2.54 bits per heavy atom. The second-order valence-corrected chi connectivity index (χ2v) is 10.1. The van der Waals surface area contributed by atoms with Crippen LogP contribution in [0.2, 0.25) is 0 Å². The number of esters is 1. The van der Waals surface area contributed by atoms with E-state index in [2.05, 4.69) is 24.3 Å². The fraction of sp³-hybridized carbons (Fsp3) is 0.219. The number of hydrogen-bond donors (Lipinski definition) is 1. The highest BCUT2D eigenvalue weighted by Crippen LogP contribution is 2.42. The maximum Gasteiger partial charge on any atom is 0.338 e. The molecule has 0 amide bonds. The number of benzene rings is 4. The molecule has 1 saturated heterocycles. The van der Waals surface area contributed by atoms with E-state index in [1.807, 2.05) is 66.7 Å². The van der Waals surface area contributed by atoms with Crippen LogP contribution in [0.1, 0.15) is 39.9 Å². The van der Waals surface area contributed by atoms with E-state index < -0.39 is 5.60 Å². The van der Waals surface area contributed by atoms with E-state index in [1.165, 1.54) is 0 Å². The molecule has 5 nitrogen and oxygen atoms in total. The molecule has 0 spiro atoms.